The third-order valence-corrected chi connectivity index (χ3v) is 15.2. The molecule has 13 heteroatoms. The molecule has 1 aliphatic heterocycles. The molecule has 5 amide bonds. The van der Waals surface area contributed by atoms with Crippen LogP contribution >= 0.6 is 0 Å². The molecule has 0 radical (unpaired) electrons. The molecule has 0 aromatic carbocycles. The van der Waals surface area contributed by atoms with Crippen LogP contribution in [0.25, 0.3) is 0 Å². The maximum Gasteiger partial charge on any atom is 0.315 e. The fourth-order valence-corrected chi connectivity index (χ4v) is 11.3. The molecule has 300 valence electrons. The second-order valence-corrected chi connectivity index (χ2v) is 20.5. The fraction of sp³-hybridized carbons (Fsp3) is 0.875. The van der Waals surface area contributed by atoms with Crippen molar-refractivity contribution < 1.29 is 33.3 Å². The van der Waals surface area contributed by atoms with Gasteiger partial charge in [-0.1, -0.05) is 99.8 Å². The number of aliphatic hydroxyl groups excluding tert-OH is 1. The van der Waals surface area contributed by atoms with E-state index in [0.29, 0.717) is 32.2 Å². The molecule has 0 aromatic heterocycles. The Labute approximate surface area is 319 Å². The molecule has 12 nitrogen and oxygen atoms in total. The molecule has 5 fully saturated rings. The van der Waals surface area contributed by atoms with Crippen LogP contribution in [0.2, 0.25) is 0 Å². The van der Waals surface area contributed by atoms with Gasteiger partial charge in [0.05, 0.1) is 22.4 Å². The number of rotatable bonds is 15. The molecule has 1 heterocycles. The Hall–Kier alpha value is -2.54. The Morgan fingerprint density at radius 2 is 1.51 bits per heavy atom. The van der Waals surface area contributed by atoms with E-state index in [4.69, 9.17) is 0 Å². The Kier molecular flexibility index (Phi) is 12.8. The summed E-state index contributed by atoms with van der Waals surface area (Å²) in [6, 6.07) is -3.22. The predicted octanol–water partition coefficient (Wildman–Crippen LogP) is 4.45. The highest BCUT2D eigenvalue weighted by Gasteiger charge is 2.70. The summed E-state index contributed by atoms with van der Waals surface area (Å²) in [4.78, 5) is 71.2. The molecular weight excluding hydrogens is 695 g/mol. The quantitative estimate of drug-likeness (QED) is 0.153. The number of Topliss-reactive ketones (excluding diaryl/α,β-unsaturated/α-hetero) is 1. The number of nitrogens with zero attached hydrogens (tertiary/aromatic N) is 1. The number of fused-ring (bicyclic) bond motifs is 1. The van der Waals surface area contributed by atoms with Crippen molar-refractivity contribution in [3.63, 3.8) is 0 Å². The largest absolute Gasteiger partial charge is 0.379 e. The summed E-state index contributed by atoms with van der Waals surface area (Å²) in [6.45, 7) is 14.1. The van der Waals surface area contributed by atoms with Crippen molar-refractivity contribution in [2.24, 2.45) is 28.1 Å². The minimum atomic E-state index is -1.61. The van der Waals surface area contributed by atoms with E-state index >= 15 is 0 Å². The number of carbonyl (C=O) groups excluding carboxylic acids is 5. The van der Waals surface area contributed by atoms with Gasteiger partial charge in [0.1, 0.15) is 17.5 Å². The molecular formula is C40H67N5O7S. The van der Waals surface area contributed by atoms with Gasteiger partial charge in [-0.3, -0.25) is 23.4 Å². The predicted molar refractivity (Wildman–Crippen MR) is 205 cm³/mol. The van der Waals surface area contributed by atoms with Gasteiger partial charge >= 0.3 is 6.03 Å². The molecule has 53 heavy (non-hydrogen) atoms. The lowest BCUT2D eigenvalue weighted by atomic mass is 9.70. The Balaban J connectivity index is 1.38. The Morgan fingerprint density at radius 3 is 2.08 bits per heavy atom. The van der Waals surface area contributed by atoms with Crippen molar-refractivity contribution in [3.05, 3.63) is 0 Å². The number of ketones is 1. The molecule has 1 saturated heterocycles. The van der Waals surface area contributed by atoms with E-state index in [2.05, 4.69) is 35.1 Å². The fourth-order valence-electron chi connectivity index (χ4n) is 9.43. The number of urea groups is 1. The van der Waals surface area contributed by atoms with Crippen LogP contribution in [-0.2, 0) is 30.0 Å². The summed E-state index contributed by atoms with van der Waals surface area (Å²) in [5.41, 5.74) is -3.16. The first-order valence-electron chi connectivity index (χ1n) is 20.4. The summed E-state index contributed by atoms with van der Waals surface area (Å²) < 4.78 is 13.4. The third kappa shape index (κ3) is 9.47. The highest BCUT2D eigenvalue weighted by atomic mass is 32.2. The number of piperidine rings is 1. The zero-order chi connectivity index (χ0) is 38.9. The van der Waals surface area contributed by atoms with Crippen LogP contribution in [0.4, 0.5) is 4.79 Å². The number of amides is 5. The first kappa shape index (κ1) is 41.6. The molecule has 0 bridgehead atoms. The molecule has 7 atom stereocenters. The normalized spacial score (nSPS) is 28.0. The average molecular weight is 762 g/mol. The molecule has 4 aliphatic carbocycles. The second kappa shape index (κ2) is 16.3. The van der Waals surface area contributed by atoms with Gasteiger partial charge in [0.15, 0.2) is 0 Å². The number of hydrogen-bond acceptors (Lipinski definition) is 7. The highest BCUT2D eigenvalue weighted by Crippen LogP contribution is 2.65. The van der Waals surface area contributed by atoms with Crippen LogP contribution in [0.3, 0.4) is 0 Å². The van der Waals surface area contributed by atoms with Crippen LogP contribution in [0, 0.1) is 28.1 Å². The van der Waals surface area contributed by atoms with Gasteiger partial charge in [0.2, 0.25) is 17.6 Å². The number of unbranched alkanes of at least 4 members (excludes halogenated alkanes) is 1. The number of aliphatic hydroxyl groups is 1. The first-order chi connectivity index (χ1) is 24.8. The number of carbonyl (C=O) groups is 5. The van der Waals surface area contributed by atoms with Gasteiger partial charge in [-0.05, 0) is 73.0 Å². The van der Waals surface area contributed by atoms with Crippen LogP contribution < -0.4 is 21.3 Å². The monoisotopic (exact) mass is 761 g/mol. The van der Waals surface area contributed by atoms with E-state index in [9.17, 15) is 33.3 Å². The molecule has 4 unspecified atom stereocenters. The number of likely N-dealkylation sites (tertiary alicyclic amines) is 1. The van der Waals surface area contributed by atoms with E-state index < -0.39 is 74.4 Å². The molecule has 5 rings (SSSR count). The van der Waals surface area contributed by atoms with Gasteiger partial charge in [-0.15, -0.1) is 0 Å². The van der Waals surface area contributed by atoms with Gasteiger partial charge in [0.25, 0.3) is 5.91 Å². The van der Waals surface area contributed by atoms with Crippen molar-refractivity contribution in [2.75, 3.05) is 12.3 Å². The minimum Gasteiger partial charge on any atom is -0.379 e. The van der Waals surface area contributed by atoms with E-state index in [1.54, 1.807) is 4.90 Å². The van der Waals surface area contributed by atoms with Gasteiger partial charge in [0, 0.05) is 18.3 Å². The number of hydrogen-bond donors (Lipinski definition) is 5. The van der Waals surface area contributed by atoms with Crippen LogP contribution in [0.1, 0.15) is 145 Å². The zero-order valence-corrected chi connectivity index (χ0v) is 34.1. The summed E-state index contributed by atoms with van der Waals surface area (Å²) >= 11 is 0. The molecule has 4 saturated carbocycles. The maximum atomic E-state index is 14.9. The third-order valence-electron chi connectivity index (χ3n) is 13.2. The van der Waals surface area contributed by atoms with Crippen molar-refractivity contribution in [3.8, 4) is 0 Å². The topological polar surface area (TPSA) is 174 Å². The minimum absolute atomic E-state index is 0.0120. The molecule has 5 N–H and O–H groups in total. The lowest BCUT2D eigenvalue weighted by Gasteiger charge is -2.44. The van der Waals surface area contributed by atoms with Crippen molar-refractivity contribution in [1.29, 1.82) is 0 Å². The smallest absolute Gasteiger partial charge is 0.315 e. The van der Waals surface area contributed by atoms with Crippen molar-refractivity contribution in [1.82, 2.24) is 26.2 Å². The van der Waals surface area contributed by atoms with Gasteiger partial charge < -0.3 is 31.3 Å². The summed E-state index contributed by atoms with van der Waals surface area (Å²) in [5, 5.41) is 22.8. The van der Waals surface area contributed by atoms with Crippen LogP contribution in [0.5, 0.6) is 0 Å². The second-order valence-electron chi connectivity index (χ2n) is 19.0. The Bertz CT molecular complexity index is 1410. The van der Waals surface area contributed by atoms with Crippen LogP contribution in [-0.4, -0.2) is 91.2 Å². The van der Waals surface area contributed by atoms with Gasteiger partial charge in [-0.25, -0.2) is 4.79 Å². The lowest BCUT2D eigenvalue weighted by Crippen LogP contribution is -2.64. The van der Waals surface area contributed by atoms with E-state index in [1.807, 2.05) is 34.6 Å². The molecule has 5 aliphatic rings. The SMILES string of the molecule is CCCC[C@H](NC(=O)[C@@H]1C2C(CN1C(=O)[C@@H](NC(=O)NC1(CS(=O)C(O)C(C)(C)C)CCCCC1)C1(C)CCCCC1)C2(C)C)C(=O)C(=O)NC1CC1. The van der Waals surface area contributed by atoms with Crippen molar-refractivity contribution in [2.45, 2.75) is 180 Å². The van der Waals surface area contributed by atoms with E-state index in [1.165, 1.54) is 0 Å². The molecule has 0 spiro atoms. The van der Waals surface area contributed by atoms with Crippen LogP contribution in [0.15, 0.2) is 0 Å². The van der Waals surface area contributed by atoms with Gasteiger partial charge in [-0.2, -0.15) is 0 Å². The van der Waals surface area contributed by atoms with E-state index in [0.717, 1.165) is 70.6 Å². The van der Waals surface area contributed by atoms with E-state index in [-0.39, 0.29) is 35.0 Å². The average Bonchev–Trinajstić information content (AvgIpc) is 3.95. The summed E-state index contributed by atoms with van der Waals surface area (Å²) in [7, 11) is -1.61. The summed E-state index contributed by atoms with van der Waals surface area (Å²) in [5.74, 6) is -1.96. The number of nitrogens with one attached hydrogen (secondary N) is 4. The summed E-state index contributed by atoms with van der Waals surface area (Å²) in [6.07, 6.45) is 11.8. The molecule has 0 aromatic rings. The Morgan fingerprint density at radius 1 is 0.906 bits per heavy atom. The first-order valence-corrected chi connectivity index (χ1v) is 21.8. The standard InChI is InChI=1S/C40H67N5O7S/c1-8-9-16-27(30(46)33(48)41-25-17-18-25)42-32(47)29-28-26(38(28,5)6)23-45(29)34(49)31(39(7)19-12-10-13-20-39)43-36(51)44-40(21-14-11-15-22-40)24-53(52)35(50)37(2,3)4/h25-29,31,35,50H,8-24H2,1-7H3,(H,41,48)(H,42,47)(H2,43,44,51)/t26?,27-,28?,29-,31+,35?,53?/m0/s1. The van der Waals surface area contributed by atoms with Crippen molar-refractivity contribution >= 4 is 40.3 Å². The lowest BCUT2D eigenvalue weighted by molar-refractivity contribution is -0.146. The zero-order valence-electron chi connectivity index (χ0n) is 33.3. The highest BCUT2D eigenvalue weighted by molar-refractivity contribution is 7.85. The maximum absolute atomic E-state index is 14.9.